The third kappa shape index (κ3) is 5.46. The van der Waals surface area contributed by atoms with E-state index in [-0.39, 0.29) is 17.8 Å². The Labute approximate surface area is 143 Å². The van der Waals surface area contributed by atoms with Crippen LogP contribution in [0.5, 0.6) is 0 Å². The van der Waals surface area contributed by atoms with E-state index in [1.54, 1.807) is 12.1 Å². The first-order valence-electron chi connectivity index (χ1n) is 8.72. The number of hydrogen-bond donors (Lipinski definition) is 1. The maximum Gasteiger partial charge on any atom is 0.237 e. The maximum atomic E-state index is 13.0. The molecule has 1 aliphatic rings. The van der Waals surface area contributed by atoms with Gasteiger partial charge in [-0.15, -0.1) is 0 Å². The minimum absolute atomic E-state index is 0.0710. The fourth-order valence-electron chi connectivity index (χ4n) is 2.86. The van der Waals surface area contributed by atoms with Crippen molar-refractivity contribution in [3.63, 3.8) is 0 Å². The first-order valence-corrected chi connectivity index (χ1v) is 8.72. The van der Waals surface area contributed by atoms with Crippen LogP contribution in [0.3, 0.4) is 0 Å². The van der Waals surface area contributed by atoms with Gasteiger partial charge in [0.2, 0.25) is 5.91 Å². The molecule has 1 aromatic carbocycles. The van der Waals surface area contributed by atoms with Crippen LogP contribution < -0.4 is 10.2 Å². The van der Waals surface area contributed by atoms with Gasteiger partial charge in [0.05, 0.1) is 6.04 Å². The molecule has 1 amide bonds. The topological polar surface area (TPSA) is 44.8 Å². The molecule has 1 aromatic rings. The fraction of sp³-hybridized carbons (Fsp3) is 0.611. The molecule has 1 atom stereocenters. The van der Waals surface area contributed by atoms with Crippen molar-refractivity contribution in [2.45, 2.75) is 26.3 Å². The van der Waals surface area contributed by atoms with E-state index in [0.717, 1.165) is 38.3 Å². The lowest BCUT2D eigenvalue weighted by Crippen LogP contribution is -2.54. The van der Waals surface area contributed by atoms with E-state index in [9.17, 15) is 9.18 Å². The maximum absolute atomic E-state index is 13.0. The van der Waals surface area contributed by atoms with E-state index < -0.39 is 0 Å². The lowest BCUT2D eigenvalue weighted by Gasteiger charge is -2.38. The van der Waals surface area contributed by atoms with Crippen LogP contribution in [0, 0.1) is 5.82 Å². The normalized spacial score (nSPS) is 16.9. The lowest BCUT2D eigenvalue weighted by atomic mass is 10.2. The first kappa shape index (κ1) is 18.7. The van der Waals surface area contributed by atoms with E-state index in [0.29, 0.717) is 19.8 Å². The van der Waals surface area contributed by atoms with Gasteiger partial charge in [-0.1, -0.05) is 0 Å². The van der Waals surface area contributed by atoms with E-state index in [1.807, 2.05) is 13.8 Å². The van der Waals surface area contributed by atoms with Crippen LogP contribution in [-0.2, 0) is 9.53 Å². The predicted molar refractivity (Wildman–Crippen MR) is 93.8 cm³/mol. The van der Waals surface area contributed by atoms with Crippen molar-refractivity contribution in [1.82, 2.24) is 10.2 Å². The second-order valence-corrected chi connectivity index (χ2v) is 6.02. The molecule has 5 nitrogen and oxygen atoms in total. The average Bonchev–Trinajstić information content (AvgIpc) is 2.61. The van der Waals surface area contributed by atoms with Crippen molar-refractivity contribution < 1.29 is 13.9 Å². The molecule has 1 saturated heterocycles. The Bertz CT molecular complexity index is 501. The Morgan fingerprint density at radius 1 is 1.25 bits per heavy atom. The highest BCUT2D eigenvalue weighted by atomic mass is 19.1. The SMILES string of the molecule is CCOCCCNC(=O)C(C)N1CCN(c2ccc(F)cc2)CC1. The number of halogens is 1. The molecule has 6 heteroatoms. The zero-order chi connectivity index (χ0) is 17.4. The number of nitrogens with zero attached hydrogens (tertiary/aromatic N) is 2. The monoisotopic (exact) mass is 337 g/mol. The third-order valence-corrected chi connectivity index (χ3v) is 4.40. The van der Waals surface area contributed by atoms with Gasteiger partial charge in [-0.3, -0.25) is 9.69 Å². The van der Waals surface area contributed by atoms with Crippen LogP contribution in [0.15, 0.2) is 24.3 Å². The standard InChI is InChI=1S/C18H28FN3O2/c1-3-24-14-4-9-20-18(23)15(2)21-10-12-22(13-11-21)17-7-5-16(19)6-8-17/h5-8,15H,3-4,9-14H2,1-2H3,(H,20,23). The molecule has 1 aliphatic heterocycles. The number of piperazine rings is 1. The average molecular weight is 337 g/mol. The third-order valence-electron chi connectivity index (χ3n) is 4.40. The van der Waals surface area contributed by atoms with E-state index in [1.165, 1.54) is 12.1 Å². The number of anilines is 1. The molecule has 2 rings (SSSR count). The number of benzene rings is 1. The van der Waals surface area contributed by atoms with Crippen LogP contribution in [0.4, 0.5) is 10.1 Å². The second kappa shape index (κ2) is 9.59. The Balaban J connectivity index is 1.72. The summed E-state index contributed by atoms with van der Waals surface area (Å²) in [5, 5.41) is 2.97. The Morgan fingerprint density at radius 2 is 1.92 bits per heavy atom. The van der Waals surface area contributed by atoms with Gasteiger partial charge in [0, 0.05) is 51.6 Å². The molecule has 24 heavy (non-hydrogen) atoms. The molecule has 0 aliphatic carbocycles. The summed E-state index contributed by atoms with van der Waals surface area (Å²) >= 11 is 0. The van der Waals surface area contributed by atoms with Crippen molar-refractivity contribution in [2.75, 3.05) is 50.8 Å². The van der Waals surface area contributed by atoms with Gasteiger partial charge in [0.25, 0.3) is 0 Å². The highest BCUT2D eigenvalue weighted by Gasteiger charge is 2.25. The molecule has 0 radical (unpaired) electrons. The largest absolute Gasteiger partial charge is 0.382 e. The minimum atomic E-state index is -0.216. The summed E-state index contributed by atoms with van der Waals surface area (Å²) in [4.78, 5) is 16.6. The van der Waals surface area contributed by atoms with Crippen molar-refractivity contribution in [3.8, 4) is 0 Å². The summed E-state index contributed by atoms with van der Waals surface area (Å²) in [5.74, 6) is -0.145. The van der Waals surface area contributed by atoms with Gasteiger partial charge < -0.3 is 15.0 Å². The smallest absolute Gasteiger partial charge is 0.237 e. The number of nitrogens with one attached hydrogen (secondary N) is 1. The van der Waals surface area contributed by atoms with Crippen LogP contribution in [-0.4, -0.2) is 62.8 Å². The van der Waals surface area contributed by atoms with Gasteiger partial charge in [-0.2, -0.15) is 0 Å². The Kier molecular flexibility index (Phi) is 7.46. The quantitative estimate of drug-likeness (QED) is 0.736. The summed E-state index contributed by atoms with van der Waals surface area (Å²) in [5.41, 5.74) is 1.03. The van der Waals surface area contributed by atoms with E-state index in [4.69, 9.17) is 4.74 Å². The fourth-order valence-corrected chi connectivity index (χ4v) is 2.86. The van der Waals surface area contributed by atoms with Crippen molar-refractivity contribution in [3.05, 3.63) is 30.1 Å². The molecule has 1 fully saturated rings. The molecule has 1 N–H and O–H groups in total. The van der Waals surface area contributed by atoms with Crippen LogP contribution in [0.25, 0.3) is 0 Å². The van der Waals surface area contributed by atoms with Gasteiger partial charge >= 0.3 is 0 Å². The van der Waals surface area contributed by atoms with Gasteiger partial charge in [-0.25, -0.2) is 4.39 Å². The zero-order valence-corrected chi connectivity index (χ0v) is 14.6. The number of carbonyl (C=O) groups excluding carboxylic acids is 1. The molecular weight excluding hydrogens is 309 g/mol. The number of ether oxygens (including phenoxy) is 1. The number of carbonyl (C=O) groups is 1. The molecule has 0 spiro atoms. The molecule has 134 valence electrons. The predicted octanol–water partition coefficient (Wildman–Crippen LogP) is 1.88. The van der Waals surface area contributed by atoms with Gasteiger partial charge in [0.1, 0.15) is 5.82 Å². The minimum Gasteiger partial charge on any atom is -0.382 e. The van der Waals surface area contributed by atoms with Gasteiger partial charge in [0.15, 0.2) is 0 Å². The van der Waals surface area contributed by atoms with Crippen molar-refractivity contribution in [1.29, 1.82) is 0 Å². The molecule has 1 heterocycles. The number of amides is 1. The molecule has 1 unspecified atom stereocenters. The van der Waals surface area contributed by atoms with Crippen LogP contribution >= 0.6 is 0 Å². The Morgan fingerprint density at radius 3 is 2.54 bits per heavy atom. The second-order valence-electron chi connectivity index (χ2n) is 6.02. The van der Waals surface area contributed by atoms with Crippen molar-refractivity contribution >= 4 is 11.6 Å². The summed E-state index contributed by atoms with van der Waals surface area (Å²) in [6, 6.07) is 6.45. The molecule has 0 bridgehead atoms. The molecule has 0 aromatic heterocycles. The lowest BCUT2D eigenvalue weighted by molar-refractivity contribution is -0.126. The van der Waals surface area contributed by atoms with E-state index in [2.05, 4.69) is 15.1 Å². The summed E-state index contributed by atoms with van der Waals surface area (Å²) in [6.07, 6.45) is 0.838. The van der Waals surface area contributed by atoms with Crippen LogP contribution in [0.1, 0.15) is 20.3 Å². The highest BCUT2D eigenvalue weighted by Crippen LogP contribution is 2.17. The Hall–Kier alpha value is -1.66. The summed E-state index contributed by atoms with van der Waals surface area (Å²) in [7, 11) is 0. The number of rotatable bonds is 8. The van der Waals surface area contributed by atoms with Crippen LogP contribution in [0.2, 0.25) is 0 Å². The van der Waals surface area contributed by atoms with E-state index >= 15 is 0 Å². The number of hydrogen-bond acceptors (Lipinski definition) is 4. The molecular formula is C18H28FN3O2. The summed E-state index contributed by atoms with van der Waals surface area (Å²) < 4.78 is 18.3. The van der Waals surface area contributed by atoms with Gasteiger partial charge in [-0.05, 0) is 44.5 Å². The van der Waals surface area contributed by atoms with Crippen molar-refractivity contribution in [2.24, 2.45) is 0 Å². The summed E-state index contributed by atoms with van der Waals surface area (Å²) in [6.45, 7) is 9.29. The molecule has 0 saturated carbocycles. The highest BCUT2D eigenvalue weighted by molar-refractivity contribution is 5.81. The first-order chi connectivity index (χ1) is 11.6. The zero-order valence-electron chi connectivity index (χ0n) is 14.6.